The number of aromatic nitrogens is 2. The molecular weight excluding hydrogens is 460 g/mol. The van der Waals surface area contributed by atoms with E-state index in [-0.39, 0.29) is 12.1 Å². The second-order valence-corrected chi connectivity index (χ2v) is 8.39. The van der Waals surface area contributed by atoms with Gasteiger partial charge in [-0.05, 0) is 72.9 Å². The van der Waals surface area contributed by atoms with E-state index >= 15 is 0 Å². The Kier molecular flexibility index (Phi) is 6.20. The Morgan fingerprint density at radius 1 is 0.971 bits per heavy atom. The van der Waals surface area contributed by atoms with Gasteiger partial charge in [-0.1, -0.05) is 18.2 Å². The van der Waals surface area contributed by atoms with Crippen molar-refractivity contribution in [2.75, 3.05) is 19.1 Å². The summed E-state index contributed by atoms with van der Waals surface area (Å²) in [6.07, 6.45) is 3.72. The molecule has 0 bridgehead atoms. The maximum Gasteiger partial charge on any atom is 0.339 e. The maximum absolute atomic E-state index is 12.5. The van der Waals surface area contributed by atoms with Crippen LogP contribution in [-0.4, -0.2) is 34.9 Å². The van der Waals surface area contributed by atoms with E-state index in [0.29, 0.717) is 10.7 Å². The number of ether oxygens (including phenoxy) is 2. The normalized spacial score (nSPS) is 17.2. The molecule has 35 heavy (non-hydrogen) atoms. The van der Waals surface area contributed by atoms with Crippen LogP contribution in [0.1, 0.15) is 33.8 Å². The lowest BCUT2D eigenvalue weighted by molar-refractivity contribution is 0.0600. The van der Waals surface area contributed by atoms with Crippen LogP contribution < -0.4 is 15.0 Å². The van der Waals surface area contributed by atoms with Crippen LogP contribution in [-0.2, 0) is 4.74 Å². The highest BCUT2D eigenvalue weighted by Gasteiger charge is 2.42. The summed E-state index contributed by atoms with van der Waals surface area (Å²) in [5, 5.41) is 4.06. The predicted octanol–water partition coefficient (Wildman–Crippen LogP) is 4.84. The fourth-order valence-corrected chi connectivity index (χ4v) is 4.84. The van der Waals surface area contributed by atoms with Crippen molar-refractivity contribution >= 4 is 29.0 Å². The minimum atomic E-state index is -0.395. The number of rotatable bonds is 6. The molecule has 0 radical (unpaired) electrons. The van der Waals surface area contributed by atoms with Crippen LogP contribution in [0.5, 0.6) is 5.75 Å². The Hall–Kier alpha value is -4.17. The number of methoxy groups -OCH3 is 2. The van der Waals surface area contributed by atoms with Gasteiger partial charge < -0.3 is 24.3 Å². The number of nitrogens with zero attached hydrogens (tertiary/aromatic N) is 3. The third kappa shape index (κ3) is 4.13. The van der Waals surface area contributed by atoms with Crippen LogP contribution in [0.15, 0.2) is 91.3 Å². The van der Waals surface area contributed by atoms with E-state index in [1.807, 2.05) is 83.6 Å². The minimum absolute atomic E-state index is 0.218. The van der Waals surface area contributed by atoms with Crippen LogP contribution in [0.2, 0.25) is 0 Å². The first kappa shape index (κ1) is 22.6. The van der Waals surface area contributed by atoms with Gasteiger partial charge in [0.25, 0.3) is 0 Å². The van der Waals surface area contributed by atoms with Crippen LogP contribution in [0, 0.1) is 0 Å². The highest BCUT2D eigenvalue weighted by Crippen LogP contribution is 2.42. The Labute approximate surface area is 208 Å². The van der Waals surface area contributed by atoms with Gasteiger partial charge in [0.15, 0.2) is 5.11 Å². The van der Waals surface area contributed by atoms with Crippen molar-refractivity contribution in [2.24, 2.45) is 0 Å². The molecule has 1 fully saturated rings. The molecule has 2 atom stereocenters. The number of nitrogens with one attached hydrogen (secondary N) is 1. The fraction of sp³-hybridized carbons (Fsp3) is 0.148. The molecule has 8 heteroatoms. The number of pyridine rings is 1. The van der Waals surface area contributed by atoms with E-state index in [4.69, 9.17) is 21.7 Å². The summed E-state index contributed by atoms with van der Waals surface area (Å²) in [7, 11) is 3.03. The summed E-state index contributed by atoms with van der Waals surface area (Å²) >= 11 is 5.83. The monoisotopic (exact) mass is 484 g/mol. The smallest absolute Gasteiger partial charge is 0.339 e. The molecule has 4 aromatic rings. The first-order valence-electron chi connectivity index (χ1n) is 11.1. The van der Waals surface area contributed by atoms with Gasteiger partial charge in [-0.3, -0.25) is 4.98 Å². The highest BCUT2D eigenvalue weighted by atomic mass is 32.1. The van der Waals surface area contributed by atoms with Crippen molar-refractivity contribution in [1.29, 1.82) is 0 Å². The lowest BCUT2D eigenvalue weighted by Crippen LogP contribution is -2.30. The van der Waals surface area contributed by atoms with E-state index in [2.05, 4.69) is 15.2 Å². The third-order valence-electron chi connectivity index (χ3n) is 6.10. The van der Waals surface area contributed by atoms with Crippen molar-refractivity contribution in [2.45, 2.75) is 12.1 Å². The Bertz CT molecular complexity index is 1350. The molecule has 5 rings (SSSR count). The van der Waals surface area contributed by atoms with E-state index in [1.54, 1.807) is 19.4 Å². The van der Waals surface area contributed by atoms with E-state index < -0.39 is 5.97 Å². The van der Waals surface area contributed by atoms with Gasteiger partial charge >= 0.3 is 5.97 Å². The summed E-state index contributed by atoms with van der Waals surface area (Å²) in [4.78, 5) is 19.2. The largest absolute Gasteiger partial charge is 0.497 e. The van der Waals surface area contributed by atoms with E-state index in [0.717, 1.165) is 28.5 Å². The Balaban J connectivity index is 1.67. The van der Waals surface area contributed by atoms with Crippen molar-refractivity contribution in [3.05, 3.63) is 108 Å². The van der Waals surface area contributed by atoms with E-state index in [1.165, 1.54) is 7.11 Å². The summed E-state index contributed by atoms with van der Waals surface area (Å²) < 4.78 is 12.4. The molecule has 0 spiro atoms. The Morgan fingerprint density at radius 3 is 2.46 bits per heavy atom. The van der Waals surface area contributed by atoms with Gasteiger partial charge in [0, 0.05) is 23.8 Å². The van der Waals surface area contributed by atoms with Crippen molar-refractivity contribution in [3.63, 3.8) is 0 Å². The molecule has 1 N–H and O–H groups in total. The summed E-state index contributed by atoms with van der Waals surface area (Å²) in [5.74, 6) is 0.369. The molecule has 2 aromatic carbocycles. The number of hydrogen-bond donors (Lipinski definition) is 1. The lowest BCUT2D eigenvalue weighted by Gasteiger charge is -2.29. The average Bonchev–Trinajstić information content (AvgIpc) is 3.53. The molecular formula is C27H24N4O3S. The van der Waals surface area contributed by atoms with Gasteiger partial charge in [-0.15, -0.1) is 0 Å². The molecule has 2 aromatic heterocycles. The van der Waals surface area contributed by atoms with Gasteiger partial charge in [-0.2, -0.15) is 0 Å². The quantitative estimate of drug-likeness (QED) is 0.310. The lowest BCUT2D eigenvalue weighted by atomic mass is 10.0. The molecule has 3 heterocycles. The standard InChI is InChI=1S/C27H24N4O3S/c1-33-19-14-12-18(13-15-19)31-25(24(29-27(31)35)21-9-5-6-16-28-21)23-11-7-17-30(23)22-10-4-3-8-20(22)26(32)34-2/h3-17,24-25H,1-2H3,(H,29,35)/t24-,25+/m0/s1. The number of carbonyl (C=O) groups excluding carboxylic acids is 1. The van der Waals surface area contributed by atoms with Crippen molar-refractivity contribution in [3.8, 4) is 11.4 Å². The van der Waals surface area contributed by atoms with Crippen LogP contribution in [0.25, 0.3) is 5.69 Å². The maximum atomic E-state index is 12.5. The van der Waals surface area contributed by atoms with Gasteiger partial charge in [-0.25, -0.2) is 4.79 Å². The number of benzene rings is 2. The molecule has 1 aliphatic heterocycles. The van der Waals surface area contributed by atoms with E-state index in [9.17, 15) is 4.79 Å². The zero-order valence-electron chi connectivity index (χ0n) is 19.3. The van der Waals surface area contributed by atoms with Crippen molar-refractivity contribution < 1.29 is 14.3 Å². The third-order valence-corrected chi connectivity index (χ3v) is 6.42. The summed E-state index contributed by atoms with van der Waals surface area (Å²) in [5.41, 5.74) is 3.93. The topological polar surface area (TPSA) is 68.6 Å². The van der Waals surface area contributed by atoms with Crippen LogP contribution in [0.3, 0.4) is 0 Å². The van der Waals surface area contributed by atoms with Crippen molar-refractivity contribution in [1.82, 2.24) is 14.9 Å². The summed E-state index contributed by atoms with van der Waals surface area (Å²) in [6, 6.07) is 24.6. The fourth-order valence-electron chi connectivity index (χ4n) is 4.50. The van der Waals surface area contributed by atoms with Gasteiger partial charge in [0.2, 0.25) is 0 Å². The molecule has 1 aliphatic rings. The number of esters is 1. The zero-order valence-corrected chi connectivity index (χ0v) is 20.1. The minimum Gasteiger partial charge on any atom is -0.497 e. The number of para-hydroxylation sites is 1. The number of thiocarbonyl (C=S) groups is 1. The molecule has 7 nitrogen and oxygen atoms in total. The zero-order chi connectivity index (χ0) is 24.4. The predicted molar refractivity (Wildman–Crippen MR) is 138 cm³/mol. The molecule has 0 aliphatic carbocycles. The molecule has 0 saturated carbocycles. The number of hydrogen-bond acceptors (Lipinski definition) is 5. The molecule has 0 amide bonds. The average molecular weight is 485 g/mol. The molecule has 0 unspecified atom stereocenters. The Morgan fingerprint density at radius 2 is 1.74 bits per heavy atom. The number of carbonyl (C=O) groups is 1. The molecule has 176 valence electrons. The van der Waals surface area contributed by atoms with Crippen LogP contribution >= 0.6 is 12.2 Å². The van der Waals surface area contributed by atoms with Crippen LogP contribution in [0.4, 0.5) is 5.69 Å². The summed E-state index contributed by atoms with van der Waals surface area (Å²) in [6.45, 7) is 0. The molecule has 1 saturated heterocycles. The van der Waals surface area contributed by atoms with Gasteiger partial charge in [0.1, 0.15) is 11.8 Å². The second kappa shape index (κ2) is 9.60. The second-order valence-electron chi connectivity index (χ2n) is 8.01. The first-order chi connectivity index (χ1) is 17.1. The number of anilines is 1. The SMILES string of the molecule is COC(=O)c1ccccc1-n1cccc1[C@@H]1[C@H](c2ccccn2)NC(=S)N1c1ccc(OC)cc1. The highest BCUT2D eigenvalue weighted by molar-refractivity contribution is 7.80. The van der Waals surface area contributed by atoms with Gasteiger partial charge in [0.05, 0.1) is 37.2 Å². The first-order valence-corrected chi connectivity index (χ1v) is 11.5.